The molecule has 11 aromatic rings. The monoisotopic (exact) mass is 1520 g/mol. The van der Waals surface area contributed by atoms with Crippen LogP contribution in [0, 0.1) is 65.0 Å². The Balaban J connectivity index is 0.000000188. The van der Waals surface area contributed by atoms with Crippen molar-refractivity contribution in [2.45, 2.75) is 47.5 Å². The van der Waals surface area contributed by atoms with Gasteiger partial charge in [-0.3, -0.25) is 63.0 Å². The molecule has 0 unspecified atom stereocenters. The lowest BCUT2D eigenvalue weighted by Crippen LogP contribution is -2.33. The standard InChI is InChI=1S/C17H14O7.C15H14O3.C14H9N3O9.C11H9NO5.C9H10N4O.C7H6N4O/c1-21-15(18)11-3-7-13(8-4-11)23-17(20)24-14-9-5-12(6-10-14)16(19)22-2;1-11-7-3-5-9-13(11)17-15(16)18-14-10-6-4-8-12(14)2;1-8-2-4-12(10(6-8)16(21)22)25-14(18)26-13-5-3-9(15(19)20)7-11(13)17(23)24;13-9-6-7-10(14)12(9)17-11(15)16-8-4-2-1-3-5-8;1-7-10-3-5-12(7)9(14)13-6-4-11-8(13)2;12-7(10-3-1-8-5-10)11-4-2-9-6-11/h3-10H,1-2H3;3-10H,1-2H3;2-7H,1H3;1-5H,6-7H2;3-6H,1-2H3;1-6H. The zero-order valence-corrected chi connectivity index (χ0v) is 59.3. The second-order valence-electron chi connectivity index (χ2n) is 21.9. The van der Waals surface area contributed by atoms with Crippen molar-refractivity contribution < 1.29 is 110 Å². The second-order valence-corrected chi connectivity index (χ2v) is 21.9. The number of imide groups is 1. The van der Waals surface area contributed by atoms with E-state index in [0.717, 1.165) is 29.3 Å². The molecule has 570 valence electrons. The van der Waals surface area contributed by atoms with Crippen molar-refractivity contribution in [2.24, 2.45) is 0 Å². The number of hydroxylamine groups is 2. The van der Waals surface area contributed by atoms with Gasteiger partial charge in [0.05, 0.1) is 46.2 Å². The van der Waals surface area contributed by atoms with Crippen LogP contribution in [0.15, 0.2) is 226 Å². The van der Waals surface area contributed by atoms with Gasteiger partial charge < -0.3 is 42.6 Å². The summed E-state index contributed by atoms with van der Waals surface area (Å²) in [6.07, 6.45) is 11.5. The predicted molar refractivity (Wildman–Crippen MR) is 381 cm³/mol. The van der Waals surface area contributed by atoms with Gasteiger partial charge in [0.1, 0.15) is 53.1 Å². The zero-order valence-electron chi connectivity index (χ0n) is 59.3. The first-order chi connectivity index (χ1) is 53.1. The van der Waals surface area contributed by atoms with Gasteiger partial charge in [0.15, 0.2) is 0 Å². The number of carbonyl (C=O) groups is 10. The lowest BCUT2D eigenvalue weighted by Gasteiger charge is -2.11. The van der Waals surface area contributed by atoms with E-state index in [2.05, 4.69) is 39.0 Å². The smallest absolute Gasteiger partial charge is 0.465 e. The highest BCUT2D eigenvalue weighted by Crippen LogP contribution is 2.33. The average Bonchev–Trinajstić information content (AvgIpc) is 1.79. The van der Waals surface area contributed by atoms with Crippen LogP contribution in [-0.2, 0) is 23.9 Å². The number of esters is 2. The molecule has 0 spiro atoms. The van der Waals surface area contributed by atoms with Gasteiger partial charge in [-0.25, -0.2) is 58.3 Å². The molecule has 0 saturated carbocycles. The fourth-order valence-corrected chi connectivity index (χ4v) is 8.70. The molecule has 1 saturated heterocycles. The number of rotatable bonds is 13. The summed E-state index contributed by atoms with van der Waals surface area (Å²) in [5.41, 5.74) is 1.07. The van der Waals surface area contributed by atoms with Gasteiger partial charge in [-0.05, 0) is 136 Å². The average molecular weight is 1520 g/mol. The molecule has 111 heavy (non-hydrogen) atoms. The van der Waals surface area contributed by atoms with E-state index in [0.29, 0.717) is 51.0 Å². The number of hydrogen-bond donors (Lipinski definition) is 0. The van der Waals surface area contributed by atoms with Gasteiger partial charge >= 0.3 is 60.0 Å². The van der Waals surface area contributed by atoms with Gasteiger partial charge in [0, 0.05) is 74.5 Å². The summed E-state index contributed by atoms with van der Waals surface area (Å²) in [5, 5.41) is 33.1. The quantitative estimate of drug-likeness (QED) is 0.0340. The summed E-state index contributed by atoms with van der Waals surface area (Å²) in [7, 11) is 2.55. The minimum atomic E-state index is -1.48. The summed E-state index contributed by atoms with van der Waals surface area (Å²) >= 11 is 0. The summed E-state index contributed by atoms with van der Waals surface area (Å²) in [6.45, 7) is 8.90. The molecule has 2 amide bonds. The van der Waals surface area contributed by atoms with Crippen LogP contribution in [0.5, 0.6) is 40.2 Å². The third kappa shape index (κ3) is 24.9. The maximum Gasteiger partial charge on any atom is 0.539 e. The summed E-state index contributed by atoms with van der Waals surface area (Å²) in [5.74, 6) is -0.0483. The van der Waals surface area contributed by atoms with E-state index in [1.807, 2.05) is 50.2 Å². The Morgan fingerprint density at radius 1 is 0.405 bits per heavy atom. The summed E-state index contributed by atoms with van der Waals surface area (Å²) < 4.78 is 49.2. The maximum atomic E-state index is 11.9. The normalized spacial score (nSPS) is 10.7. The fraction of sp³-hybridized carbons (Fsp3) is 0.123. The first-order valence-corrected chi connectivity index (χ1v) is 31.8. The molecular weight excluding hydrogens is 1460 g/mol. The van der Waals surface area contributed by atoms with Gasteiger partial charge in [0.25, 0.3) is 17.5 Å². The third-order valence-corrected chi connectivity index (χ3v) is 14.2. The number of ether oxygens (including phenoxy) is 9. The van der Waals surface area contributed by atoms with Crippen LogP contribution in [0.25, 0.3) is 0 Å². The van der Waals surface area contributed by atoms with E-state index in [1.165, 1.54) is 106 Å². The molecule has 1 aliphatic rings. The van der Waals surface area contributed by atoms with Gasteiger partial charge in [0.2, 0.25) is 11.5 Å². The Morgan fingerprint density at radius 3 is 1.20 bits per heavy atom. The van der Waals surface area contributed by atoms with Crippen LogP contribution >= 0.6 is 0 Å². The Morgan fingerprint density at radius 2 is 0.802 bits per heavy atom. The Kier molecular flexibility index (Phi) is 30.0. The Labute approximate surface area is 626 Å². The van der Waals surface area contributed by atoms with E-state index >= 15 is 0 Å². The van der Waals surface area contributed by atoms with Crippen LogP contribution in [0.1, 0.15) is 61.9 Å². The molecule has 12 rings (SSSR count). The number of benzene rings is 7. The number of hydrogen-bond acceptors (Lipinski definition) is 30. The Bertz CT molecular complexity index is 4940. The molecule has 38 nitrogen and oxygen atoms in total. The molecule has 5 heterocycles. The molecule has 0 aliphatic carbocycles. The van der Waals surface area contributed by atoms with E-state index in [1.54, 1.807) is 113 Å². The number of nitro groups is 3. The molecule has 1 fully saturated rings. The van der Waals surface area contributed by atoms with E-state index < -0.39 is 91.7 Å². The number of aryl methyl sites for hydroxylation is 5. The molecule has 38 heteroatoms. The fourth-order valence-electron chi connectivity index (χ4n) is 8.70. The first-order valence-electron chi connectivity index (χ1n) is 31.8. The predicted octanol–water partition coefficient (Wildman–Crippen LogP) is 13.1. The van der Waals surface area contributed by atoms with Crippen molar-refractivity contribution in [3.05, 3.63) is 296 Å². The summed E-state index contributed by atoms with van der Waals surface area (Å²) in [6, 6.07) is 40.2. The number of nitrogens with zero attached hydrogens (tertiary/aromatic N) is 12. The highest BCUT2D eigenvalue weighted by atomic mass is 16.8. The molecule has 0 N–H and O–H groups in total. The van der Waals surface area contributed by atoms with Crippen molar-refractivity contribution in [3.63, 3.8) is 0 Å². The van der Waals surface area contributed by atoms with Crippen molar-refractivity contribution in [3.8, 4) is 40.2 Å². The molecule has 0 radical (unpaired) electrons. The van der Waals surface area contributed by atoms with E-state index in [9.17, 15) is 78.3 Å². The highest BCUT2D eigenvalue weighted by molar-refractivity contribution is 6.01. The number of amides is 2. The molecule has 7 aromatic carbocycles. The zero-order chi connectivity index (χ0) is 80.7. The molecule has 1 aliphatic heterocycles. The van der Waals surface area contributed by atoms with Crippen molar-refractivity contribution in [1.82, 2.24) is 43.3 Å². The van der Waals surface area contributed by atoms with Crippen LogP contribution in [-0.4, -0.2) is 133 Å². The van der Waals surface area contributed by atoms with Gasteiger partial charge in [-0.2, -0.15) is 0 Å². The van der Waals surface area contributed by atoms with Crippen molar-refractivity contribution in [2.75, 3.05) is 14.2 Å². The molecule has 0 bridgehead atoms. The third-order valence-electron chi connectivity index (χ3n) is 14.2. The SMILES string of the molecule is COC(=O)c1ccc(OC(=O)Oc2ccc(C(=O)OC)cc2)cc1.Cc1ccc(OC(=O)Oc2ccc([N+](=O)[O-])cc2[N+](=O)[O-])c([N+](=O)[O-])c1.Cc1ccccc1OC(=O)Oc1ccccc1C.Cc1nccn1C(=O)n1ccnc1C.O=C(Oc1ccccc1)ON1C(=O)CCC1=O.O=C(n1ccnc1)n1ccnc1. The van der Waals surface area contributed by atoms with Gasteiger partial charge in [-0.15, -0.1) is 0 Å². The molecule has 4 aromatic heterocycles. The van der Waals surface area contributed by atoms with Gasteiger partial charge in [-0.1, -0.05) is 65.7 Å². The summed E-state index contributed by atoms with van der Waals surface area (Å²) in [4.78, 5) is 165. The van der Waals surface area contributed by atoms with E-state index in [-0.39, 0.29) is 42.2 Å². The molecule has 0 atom stereocenters. The maximum absolute atomic E-state index is 11.9. The Hall–Kier alpha value is -15.9. The van der Waals surface area contributed by atoms with Crippen LogP contribution < -0.4 is 33.2 Å². The topological polar surface area (TPSA) is 467 Å². The first kappa shape index (κ1) is 82.4. The van der Waals surface area contributed by atoms with Crippen molar-refractivity contribution in [1.29, 1.82) is 0 Å². The number of methoxy groups -OCH3 is 2. The number of imidazole rings is 4. The second kappa shape index (κ2) is 40.4. The van der Waals surface area contributed by atoms with Crippen LogP contribution in [0.3, 0.4) is 0 Å². The lowest BCUT2D eigenvalue weighted by molar-refractivity contribution is -0.394. The number of non-ortho nitro benzene ring substituents is 1. The minimum Gasteiger partial charge on any atom is -0.465 e. The largest absolute Gasteiger partial charge is 0.539 e. The highest BCUT2D eigenvalue weighted by Gasteiger charge is 2.34. The number of carbonyl (C=O) groups excluding carboxylic acids is 10. The van der Waals surface area contributed by atoms with Crippen LogP contribution in [0.4, 0.5) is 45.8 Å². The van der Waals surface area contributed by atoms with Crippen molar-refractivity contribution >= 4 is 77.5 Å². The molecular formula is C73H62N12O26. The number of para-hydroxylation sites is 3. The number of nitro benzene ring substituents is 3. The lowest BCUT2D eigenvalue weighted by atomic mass is 10.2. The van der Waals surface area contributed by atoms with Crippen LogP contribution in [0.2, 0.25) is 0 Å². The number of aromatic nitrogens is 8. The van der Waals surface area contributed by atoms with E-state index in [4.69, 9.17) is 28.4 Å². The minimum absolute atomic E-state index is 0.0530.